The van der Waals surface area contributed by atoms with Gasteiger partial charge in [-0.15, -0.1) is 16.4 Å². The van der Waals surface area contributed by atoms with Gasteiger partial charge in [-0.1, -0.05) is 12.1 Å². The van der Waals surface area contributed by atoms with Crippen LogP contribution in [0.15, 0.2) is 17.6 Å². The monoisotopic (exact) mass is 388 g/mol. The number of amides is 1. The van der Waals surface area contributed by atoms with Crippen LogP contribution in [0.1, 0.15) is 53.2 Å². The van der Waals surface area contributed by atoms with Gasteiger partial charge < -0.3 is 10.6 Å². The van der Waals surface area contributed by atoms with E-state index in [0.29, 0.717) is 12.1 Å². The number of aromatic nitrogens is 3. The quantitative estimate of drug-likeness (QED) is 0.846. The van der Waals surface area contributed by atoms with Gasteiger partial charge in [-0.25, -0.2) is 4.68 Å². The van der Waals surface area contributed by atoms with Gasteiger partial charge in [-0.2, -0.15) is 0 Å². The minimum Gasteiger partial charge on any atom is -0.338 e. The molecule has 0 radical (unpaired) electrons. The van der Waals surface area contributed by atoms with Crippen LogP contribution in [0.4, 0.5) is 0 Å². The van der Waals surface area contributed by atoms with E-state index in [1.165, 1.54) is 4.88 Å². The van der Waals surface area contributed by atoms with E-state index < -0.39 is 0 Å². The van der Waals surface area contributed by atoms with Crippen LogP contribution in [-0.4, -0.2) is 62.9 Å². The minimum atomic E-state index is 0.161. The van der Waals surface area contributed by atoms with Crippen molar-refractivity contribution in [2.45, 2.75) is 51.2 Å². The molecular formula is C19H28N6OS. The molecule has 2 fully saturated rings. The summed E-state index contributed by atoms with van der Waals surface area (Å²) in [5.41, 5.74) is 7.82. The van der Waals surface area contributed by atoms with E-state index in [-0.39, 0.29) is 5.91 Å². The van der Waals surface area contributed by atoms with Crippen molar-refractivity contribution >= 4 is 17.2 Å². The third kappa shape index (κ3) is 4.23. The summed E-state index contributed by atoms with van der Waals surface area (Å²) in [7, 11) is 0. The second kappa shape index (κ2) is 8.08. The summed E-state index contributed by atoms with van der Waals surface area (Å²) < 4.78 is 1.99. The first-order chi connectivity index (χ1) is 13.1. The molecule has 2 N–H and O–H groups in total. The standard InChI is InChI=1S/C19H28N6OS/c1-2-18-9-14(13-27-18)19(26)24-7-4-17(5-8-24)25-12-16(21-22-25)11-23-6-3-15(20)10-23/h9,12-13,15,17H,2-8,10-11,20H2,1H3/t15-/m1/s1. The number of thiophene rings is 1. The fourth-order valence-electron chi connectivity index (χ4n) is 3.99. The Morgan fingerprint density at radius 2 is 2.11 bits per heavy atom. The number of carbonyl (C=O) groups is 1. The number of nitrogens with two attached hydrogens (primary N) is 1. The molecule has 146 valence electrons. The number of piperidine rings is 1. The van der Waals surface area contributed by atoms with Gasteiger partial charge in [0.15, 0.2) is 0 Å². The Balaban J connectivity index is 1.30. The summed E-state index contributed by atoms with van der Waals surface area (Å²) in [5, 5.41) is 10.7. The molecule has 8 heteroatoms. The molecule has 2 aromatic rings. The van der Waals surface area contributed by atoms with Crippen LogP contribution in [0, 0.1) is 0 Å². The Hall–Kier alpha value is -1.77. The Bertz CT molecular complexity index is 779. The lowest BCUT2D eigenvalue weighted by Crippen LogP contribution is -2.39. The highest BCUT2D eigenvalue weighted by atomic mass is 32.1. The number of carbonyl (C=O) groups excluding carboxylic acids is 1. The molecule has 2 saturated heterocycles. The number of likely N-dealkylation sites (tertiary alicyclic amines) is 2. The van der Waals surface area contributed by atoms with Crippen molar-refractivity contribution in [2.24, 2.45) is 5.73 Å². The summed E-state index contributed by atoms with van der Waals surface area (Å²) in [6.07, 6.45) is 5.96. The average molecular weight is 389 g/mol. The first-order valence-corrected chi connectivity index (χ1v) is 10.8. The van der Waals surface area contributed by atoms with Crippen LogP contribution in [0.3, 0.4) is 0 Å². The summed E-state index contributed by atoms with van der Waals surface area (Å²) in [5.74, 6) is 0.161. The zero-order chi connectivity index (χ0) is 18.8. The van der Waals surface area contributed by atoms with Crippen LogP contribution in [0.25, 0.3) is 0 Å². The lowest BCUT2D eigenvalue weighted by atomic mass is 10.0. The highest BCUT2D eigenvalue weighted by Crippen LogP contribution is 2.25. The van der Waals surface area contributed by atoms with E-state index in [0.717, 1.165) is 69.7 Å². The first kappa shape index (κ1) is 18.6. The number of rotatable bonds is 5. The van der Waals surface area contributed by atoms with Gasteiger partial charge in [0, 0.05) is 49.0 Å². The van der Waals surface area contributed by atoms with E-state index in [2.05, 4.69) is 28.3 Å². The van der Waals surface area contributed by atoms with Crippen LogP contribution in [-0.2, 0) is 13.0 Å². The maximum absolute atomic E-state index is 12.7. The van der Waals surface area contributed by atoms with E-state index >= 15 is 0 Å². The normalized spacial score (nSPS) is 21.9. The van der Waals surface area contributed by atoms with Gasteiger partial charge in [0.25, 0.3) is 5.91 Å². The zero-order valence-electron chi connectivity index (χ0n) is 15.9. The molecule has 4 heterocycles. The van der Waals surface area contributed by atoms with E-state index in [1.807, 2.05) is 21.0 Å². The molecule has 1 amide bonds. The topological polar surface area (TPSA) is 80.3 Å². The summed E-state index contributed by atoms with van der Waals surface area (Å²) >= 11 is 1.67. The largest absolute Gasteiger partial charge is 0.338 e. The van der Waals surface area contributed by atoms with Gasteiger partial charge >= 0.3 is 0 Å². The lowest BCUT2D eigenvalue weighted by molar-refractivity contribution is 0.0689. The van der Waals surface area contributed by atoms with Crippen molar-refractivity contribution in [3.63, 3.8) is 0 Å². The van der Waals surface area contributed by atoms with Crippen molar-refractivity contribution in [1.82, 2.24) is 24.8 Å². The van der Waals surface area contributed by atoms with E-state index in [1.54, 1.807) is 11.3 Å². The maximum atomic E-state index is 12.7. The number of hydrogen-bond acceptors (Lipinski definition) is 6. The molecule has 2 aliphatic rings. The number of hydrogen-bond donors (Lipinski definition) is 1. The predicted molar refractivity (Wildman–Crippen MR) is 106 cm³/mol. The zero-order valence-corrected chi connectivity index (χ0v) is 16.7. The molecule has 4 rings (SSSR count). The van der Waals surface area contributed by atoms with E-state index in [9.17, 15) is 4.79 Å². The molecule has 0 spiro atoms. The van der Waals surface area contributed by atoms with Gasteiger partial charge in [-0.05, 0) is 31.7 Å². The average Bonchev–Trinajstić information content (AvgIpc) is 3.43. The fraction of sp³-hybridized carbons (Fsp3) is 0.632. The molecule has 0 saturated carbocycles. The molecule has 27 heavy (non-hydrogen) atoms. The van der Waals surface area contributed by atoms with Gasteiger partial charge in [0.05, 0.1) is 23.5 Å². The lowest BCUT2D eigenvalue weighted by Gasteiger charge is -2.31. The maximum Gasteiger partial charge on any atom is 0.254 e. The second-order valence-electron chi connectivity index (χ2n) is 7.65. The van der Waals surface area contributed by atoms with Crippen molar-refractivity contribution in [1.29, 1.82) is 0 Å². The number of nitrogens with zero attached hydrogens (tertiary/aromatic N) is 5. The Kier molecular flexibility index (Phi) is 5.56. The van der Waals surface area contributed by atoms with Crippen LogP contribution < -0.4 is 5.73 Å². The molecule has 7 nitrogen and oxygen atoms in total. The van der Waals surface area contributed by atoms with Crippen molar-refractivity contribution in [3.05, 3.63) is 33.8 Å². The summed E-state index contributed by atoms with van der Waals surface area (Å²) in [6.45, 7) is 6.47. The molecular weight excluding hydrogens is 360 g/mol. The predicted octanol–water partition coefficient (Wildman–Crippen LogP) is 1.91. The SMILES string of the molecule is CCc1cc(C(=O)N2CCC(n3cc(CN4CC[C@@H](N)C4)nn3)CC2)cs1. The van der Waals surface area contributed by atoms with Gasteiger partial charge in [-0.3, -0.25) is 9.69 Å². The molecule has 2 aromatic heterocycles. The smallest absolute Gasteiger partial charge is 0.254 e. The van der Waals surface area contributed by atoms with Crippen molar-refractivity contribution in [2.75, 3.05) is 26.2 Å². The second-order valence-corrected chi connectivity index (χ2v) is 8.65. The third-order valence-electron chi connectivity index (χ3n) is 5.63. The highest BCUT2D eigenvalue weighted by molar-refractivity contribution is 7.10. The third-order valence-corrected chi connectivity index (χ3v) is 6.71. The molecule has 1 atom stereocenters. The molecule has 0 unspecified atom stereocenters. The Labute approximate surface area is 164 Å². The first-order valence-electron chi connectivity index (χ1n) is 9.87. The Morgan fingerprint density at radius 3 is 2.78 bits per heavy atom. The van der Waals surface area contributed by atoms with Crippen LogP contribution in [0.5, 0.6) is 0 Å². The van der Waals surface area contributed by atoms with Crippen molar-refractivity contribution in [3.8, 4) is 0 Å². The summed E-state index contributed by atoms with van der Waals surface area (Å²) in [6, 6.07) is 2.65. The Morgan fingerprint density at radius 1 is 1.30 bits per heavy atom. The molecule has 0 bridgehead atoms. The van der Waals surface area contributed by atoms with Crippen molar-refractivity contribution < 1.29 is 4.79 Å². The summed E-state index contributed by atoms with van der Waals surface area (Å²) in [4.78, 5) is 18.3. The van der Waals surface area contributed by atoms with Crippen LogP contribution >= 0.6 is 11.3 Å². The molecule has 0 aliphatic carbocycles. The molecule has 2 aliphatic heterocycles. The van der Waals surface area contributed by atoms with Gasteiger partial charge in [0.2, 0.25) is 0 Å². The highest BCUT2D eigenvalue weighted by Gasteiger charge is 2.26. The number of aryl methyl sites for hydroxylation is 1. The fourth-order valence-corrected chi connectivity index (χ4v) is 4.80. The van der Waals surface area contributed by atoms with Gasteiger partial charge in [0.1, 0.15) is 0 Å². The van der Waals surface area contributed by atoms with Crippen LogP contribution in [0.2, 0.25) is 0 Å². The minimum absolute atomic E-state index is 0.161. The molecule has 0 aromatic carbocycles. The van der Waals surface area contributed by atoms with E-state index in [4.69, 9.17) is 5.73 Å².